The lowest BCUT2D eigenvalue weighted by molar-refractivity contribution is -0.356. The minimum atomic E-state index is -3.36. The normalized spacial score (nSPS) is 13.2. The highest BCUT2D eigenvalue weighted by atomic mass is 79.9. The van der Waals surface area contributed by atoms with Crippen LogP contribution in [-0.2, 0) is 19.3 Å². The monoisotopic (exact) mass is 523 g/mol. The van der Waals surface area contributed by atoms with Crippen molar-refractivity contribution in [3.8, 4) is 0 Å². The van der Waals surface area contributed by atoms with Crippen molar-refractivity contribution >= 4 is 37.5 Å². The topological polar surface area (TPSA) is 92.7 Å². The molecular weight excluding hydrogens is 496 g/mol. The summed E-state index contributed by atoms with van der Waals surface area (Å²) in [6, 6.07) is 15.8. The number of ether oxygens (including phenoxy) is 2. The first-order chi connectivity index (χ1) is 15.3. The first kappa shape index (κ1) is 26.1. The van der Waals surface area contributed by atoms with E-state index in [0.29, 0.717) is 23.1 Å². The van der Waals surface area contributed by atoms with Crippen molar-refractivity contribution in [1.82, 2.24) is 0 Å². The summed E-state index contributed by atoms with van der Waals surface area (Å²) in [5, 5.41) is 13.1. The molecule has 6 nitrogen and oxygen atoms in total. The molecule has 0 aliphatic heterocycles. The van der Waals surface area contributed by atoms with Gasteiger partial charge in [-0.3, -0.25) is 0 Å². The number of hydrogen-bond acceptors (Lipinski definition) is 6. The van der Waals surface area contributed by atoms with E-state index < -0.39 is 22.6 Å². The molecular formula is C24H28BrO6S-. The molecule has 174 valence electrons. The molecule has 2 rings (SSSR count). The number of carbonyl (C=O) groups is 1. The Morgan fingerprint density at radius 1 is 1.03 bits per heavy atom. The molecule has 2 aromatic rings. The molecule has 1 atom stereocenters. The van der Waals surface area contributed by atoms with Crippen LogP contribution in [0.2, 0.25) is 0 Å². The van der Waals surface area contributed by atoms with Gasteiger partial charge in [-0.2, -0.15) is 0 Å². The number of alkyl halides is 1. The first-order valence-electron chi connectivity index (χ1n) is 10.3. The highest BCUT2D eigenvalue weighted by Gasteiger charge is 2.18. The third kappa shape index (κ3) is 7.76. The molecule has 0 aliphatic carbocycles. The van der Waals surface area contributed by atoms with Crippen LogP contribution >= 0.6 is 15.9 Å². The van der Waals surface area contributed by atoms with Gasteiger partial charge in [0.25, 0.3) is 0 Å². The van der Waals surface area contributed by atoms with Crippen molar-refractivity contribution in [1.29, 1.82) is 0 Å². The smallest absolute Gasteiger partial charge is 0.508 e. The molecule has 0 amide bonds. The molecule has 0 aromatic heterocycles. The van der Waals surface area contributed by atoms with E-state index >= 15 is 0 Å². The Bertz CT molecular complexity index is 1000. The second-order valence-corrected chi connectivity index (χ2v) is 10.2. The quantitative estimate of drug-likeness (QED) is 0.247. The van der Waals surface area contributed by atoms with Gasteiger partial charge in [-0.05, 0) is 41.7 Å². The average Bonchev–Trinajstić information content (AvgIpc) is 2.79. The van der Waals surface area contributed by atoms with E-state index in [1.54, 1.807) is 12.1 Å². The number of halogens is 1. The third-order valence-corrected chi connectivity index (χ3v) is 6.77. The number of carbonyl (C=O) groups excluding carboxylic acids is 1. The first-order valence-corrected chi connectivity index (χ1v) is 13.3. The lowest BCUT2D eigenvalue weighted by atomic mass is 9.87. The maximum Gasteiger partial charge on any atom is 0.508 e. The minimum Gasteiger partial charge on any atom is -0.851 e. The van der Waals surface area contributed by atoms with Gasteiger partial charge in [0, 0.05) is 17.5 Å². The van der Waals surface area contributed by atoms with E-state index in [4.69, 9.17) is 9.47 Å². The lowest BCUT2D eigenvalue weighted by Crippen LogP contribution is -2.19. The predicted molar refractivity (Wildman–Crippen MR) is 127 cm³/mol. The lowest BCUT2D eigenvalue weighted by Gasteiger charge is -2.24. The fourth-order valence-corrected chi connectivity index (χ4v) is 4.23. The van der Waals surface area contributed by atoms with Crippen LogP contribution in [0.1, 0.15) is 36.8 Å². The van der Waals surface area contributed by atoms with Crippen molar-refractivity contribution in [2.45, 2.75) is 30.6 Å². The molecule has 0 radical (unpaired) electrons. The number of benzene rings is 2. The fraction of sp³-hybridized carbons (Fsp3) is 0.375. The van der Waals surface area contributed by atoms with Crippen molar-refractivity contribution in [3.63, 3.8) is 0 Å². The number of unbranched alkanes of at least 4 members (excludes halogenated alkanes) is 1. The van der Waals surface area contributed by atoms with Gasteiger partial charge in [0.2, 0.25) is 0 Å². The van der Waals surface area contributed by atoms with E-state index in [1.165, 1.54) is 12.1 Å². The summed E-state index contributed by atoms with van der Waals surface area (Å²) in [5.41, 5.74) is 2.70. The second-order valence-electron chi connectivity index (χ2n) is 7.36. The molecule has 0 fully saturated rings. The van der Waals surface area contributed by atoms with Gasteiger partial charge in [-0.1, -0.05) is 70.9 Å². The Morgan fingerprint density at radius 3 is 2.25 bits per heavy atom. The SMILES string of the molecule is C[C@H](/C(C[O-])=C(/COC(=O)OCCCCBr)c1ccc(S(C)(=O)=O)cc1)c1ccccc1. The molecule has 0 bridgehead atoms. The van der Waals surface area contributed by atoms with Crippen LogP contribution in [-0.4, -0.2) is 46.0 Å². The number of rotatable bonds is 11. The molecule has 0 heterocycles. The van der Waals surface area contributed by atoms with Crippen LogP contribution in [0.5, 0.6) is 0 Å². The predicted octanol–water partition coefficient (Wildman–Crippen LogP) is 4.34. The Balaban J connectivity index is 2.35. The van der Waals surface area contributed by atoms with Crippen LogP contribution < -0.4 is 5.11 Å². The zero-order valence-electron chi connectivity index (χ0n) is 18.3. The zero-order valence-corrected chi connectivity index (χ0v) is 20.7. The fourth-order valence-electron chi connectivity index (χ4n) is 3.21. The van der Waals surface area contributed by atoms with Gasteiger partial charge in [0.05, 0.1) is 11.5 Å². The standard InChI is InChI=1S/C24H28BrO6S/c1-18(19-8-4-3-5-9-19)22(16-26)23(17-31-24(27)30-15-7-6-14-25)20-10-12-21(13-11-20)32(2,28)29/h3-5,8-13,18H,6-7,14-17H2,1-2H3/q-1/b23-22-/t18-/m0/s1. The molecule has 2 aromatic carbocycles. The molecule has 8 heteroatoms. The Labute approximate surface area is 198 Å². The second kappa shape index (κ2) is 12.8. The molecule has 0 saturated carbocycles. The van der Waals surface area contributed by atoms with E-state index in [0.717, 1.165) is 23.6 Å². The molecule has 0 aliphatic rings. The van der Waals surface area contributed by atoms with Crippen LogP contribution in [0.3, 0.4) is 0 Å². The number of sulfone groups is 1. The van der Waals surface area contributed by atoms with Gasteiger partial charge in [-0.25, -0.2) is 13.2 Å². The molecule has 0 spiro atoms. The van der Waals surface area contributed by atoms with Gasteiger partial charge in [0.1, 0.15) is 6.61 Å². The summed E-state index contributed by atoms with van der Waals surface area (Å²) in [6.45, 7) is 1.53. The van der Waals surface area contributed by atoms with E-state index in [1.807, 2.05) is 37.3 Å². The maximum absolute atomic E-state index is 12.2. The van der Waals surface area contributed by atoms with Crippen LogP contribution in [0.25, 0.3) is 5.57 Å². The number of hydrogen-bond donors (Lipinski definition) is 0. The highest BCUT2D eigenvalue weighted by Crippen LogP contribution is 2.31. The van der Waals surface area contributed by atoms with E-state index in [2.05, 4.69) is 15.9 Å². The third-order valence-electron chi connectivity index (χ3n) is 5.08. The summed E-state index contributed by atoms with van der Waals surface area (Å²) >= 11 is 3.32. The largest absolute Gasteiger partial charge is 0.851 e. The van der Waals surface area contributed by atoms with Crippen molar-refractivity contribution < 1.29 is 27.8 Å². The van der Waals surface area contributed by atoms with Gasteiger partial charge in [0.15, 0.2) is 9.84 Å². The summed E-state index contributed by atoms with van der Waals surface area (Å²) in [7, 11) is -3.36. The Kier molecular flexibility index (Phi) is 10.4. The van der Waals surface area contributed by atoms with Crippen molar-refractivity contribution in [2.24, 2.45) is 0 Å². The average molecular weight is 524 g/mol. The van der Waals surface area contributed by atoms with Crippen LogP contribution in [0, 0.1) is 0 Å². The zero-order chi connectivity index (χ0) is 23.6. The van der Waals surface area contributed by atoms with Gasteiger partial charge in [-0.15, -0.1) is 6.61 Å². The van der Waals surface area contributed by atoms with E-state index in [9.17, 15) is 18.3 Å². The van der Waals surface area contributed by atoms with Crippen molar-refractivity contribution in [3.05, 3.63) is 71.3 Å². The molecule has 0 saturated heterocycles. The Hall–Kier alpha value is -2.16. The maximum atomic E-state index is 12.2. The summed E-state index contributed by atoms with van der Waals surface area (Å²) < 4.78 is 34.0. The Morgan fingerprint density at radius 2 is 1.69 bits per heavy atom. The highest BCUT2D eigenvalue weighted by molar-refractivity contribution is 9.09. The summed E-state index contributed by atoms with van der Waals surface area (Å²) in [5.74, 6) is -0.211. The summed E-state index contributed by atoms with van der Waals surface area (Å²) in [4.78, 5) is 12.2. The van der Waals surface area contributed by atoms with Crippen LogP contribution in [0.15, 0.2) is 65.1 Å². The van der Waals surface area contributed by atoms with E-state index in [-0.39, 0.29) is 24.0 Å². The molecule has 32 heavy (non-hydrogen) atoms. The summed E-state index contributed by atoms with van der Waals surface area (Å²) in [6.07, 6.45) is 1.92. The molecule has 0 N–H and O–H groups in total. The molecule has 0 unspecified atom stereocenters. The van der Waals surface area contributed by atoms with Gasteiger partial charge < -0.3 is 14.6 Å². The van der Waals surface area contributed by atoms with Crippen molar-refractivity contribution in [2.75, 3.05) is 31.4 Å². The van der Waals surface area contributed by atoms with Gasteiger partial charge >= 0.3 is 6.16 Å². The van der Waals surface area contributed by atoms with Crippen LogP contribution in [0.4, 0.5) is 4.79 Å². The minimum absolute atomic E-state index is 0.149.